The van der Waals surface area contributed by atoms with Crippen molar-refractivity contribution in [3.05, 3.63) is 59.1 Å². The van der Waals surface area contributed by atoms with Crippen molar-refractivity contribution < 1.29 is 4.42 Å². The van der Waals surface area contributed by atoms with Crippen LogP contribution in [0.4, 0.5) is 0 Å². The Hall–Kier alpha value is -1.87. The third-order valence-corrected chi connectivity index (χ3v) is 2.96. The van der Waals surface area contributed by atoms with E-state index in [1.165, 1.54) is 5.56 Å². The molecule has 0 atom stereocenters. The van der Waals surface area contributed by atoms with Gasteiger partial charge in [0.2, 0.25) is 0 Å². The van der Waals surface area contributed by atoms with Crippen molar-refractivity contribution in [3.8, 4) is 0 Å². The maximum Gasteiger partial charge on any atom is 0.198 e. The van der Waals surface area contributed by atoms with Crippen molar-refractivity contribution in [3.63, 3.8) is 0 Å². The Kier molecular flexibility index (Phi) is 2.99. The number of nitrogens with zero attached hydrogens (tertiary/aromatic N) is 2. The quantitative estimate of drug-likeness (QED) is 0.720. The molecule has 3 nitrogen and oxygen atoms in total. The van der Waals surface area contributed by atoms with E-state index >= 15 is 0 Å². The van der Waals surface area contributed by atoms with Crippen LogP contribution in [0.1, 0.15) is 11.5 Å². The third kappa shape index (κ3) is 2.36. The molecule has 0 amide bonds. The molecule has 4 heteroatoms. The summed E-state index contributed by atoms with van der Waals surface area (Å²) in [6.45, 7) is 0. The Bertz CT molecular complexity index is 645. The lowest BCUT2D eigenvalue weighted by molar-refractivity contribution is 0.528. The fourth-order valence-corrected chi connectivity index (χ4v) is 2.08. The molecule has 2 heterocycles. The van der Waals surface area contributed by atoms with Gasteiger partial charge in [0.1, 0.15) is 0 Å². The van der Waals surface area contributed by atoms with E-state index in [0.29, 0.717) is 11.5 Å². The molecular formula is C14H11ClN2O. The standard InChI is InChI=1S/C14H11ClN2O/c15-11-4-1-3-10(9-11)6-7-13-17-14-12(18-13)5-2-8-16-14/h1-5,8-9H,6-7H2. The van der Waals surface area contributed by atoms with Gasteiger partial charge >= 0.3 is 0 Å². The molecule has 90 valence electrons. The summed E-state index contributed by atoms with van der Waals surface area (Å²) in [6.07, 6.45) is 3.32. The summed E-state index contributed by atoms with van der Waals surface area (Å²) in [4.78, 5) is 8.48. The van der Waals surface area contributed by atoms with Gasteiger partial charge in [-0.05, 0) is 36.2 Å². The first-order valence-electron chi connectivity index (χ1n) is 5.76. The Morgan fingerprint density at radius 2 is 2.06 bits per heavy atom. The SMILES string of the molecule is Clc1cccc(CCc2nc3ncccc3o2)c1. The minimum absolute atomic E-state index is 0.665. The molecule has 0 aliphatic heterocycles. The molecule has 0 aliphatic carbocycles. The van der Waals surface area contributed by atoms with Crippen molar-refractivity contribution in [1.82, 2.24) is 9.97 Å². The van der Waals surface area contributed by atoms with Crippen LogP contribution < -0.4 is 0 Å². The van der Waals surface area contributed by atoms with Gasteiger partial charge in [-0.2, -0.15) is 4.98 Å². The van der Waals surface area contributed by atoms with Gasteiger partial charge < -0.3 is 4.42 Å². The first-order valence-corrected chi connectivity index (χ1v) is 6.14. The van der Waals surface area contributed by atoms with Crippen LogP contribution in [0.5, 0.6) is 0 Å². The van der Waals surface area contributed by atoms with Crippen LogP contribution in [0.25, 0.3) is 11.2 Å². The van der Waals surface area contributed by atoms with E-state index < -0.39 is 0 Å². The van der Waals surface area contributed by atoms with Crippen LogP contribution in [0, 0.1) is 0 Å². The molecule has 18 heavy (non-hydrogen) atoms. The summed E-state index contributed by atoms with van der Waals surface area (Å²) < 4.78 is 5.61. The van der Waals surface area contributed by atoms with Crippen LogP contribution in [-0.4, -0.2) is 9.97 Å². The second-order valence-electron chi connectivity index (χ2n) is 4.06. The lowest BCUT2D eigenvalue weighted by atomic mass is 10.1. The molecule has 0 aliphatic rings. The topological polar surface area (TPSA) is 38.9 Å². The molecule has 0 spiro atoms. The molecule has 0 saturated carbocycles. The van der Waals surface area contributed by atoms with Crippen LogP contribution in [0.15, 0.2) is 47.0 Å². The van der Waals surface area contributed by atoms with Crippen LogP contribution in [-0.2, 0) is 12.8 Å². The normalized spacial score (nSPS) is 10.9. The molecule has 3 aromatic rings. The van der Waals surface area contributed by atoms with Crippen LogP contribution in [0.2, 0.25) is 5.02 Å². The number of hydrogen-bond acceptors (Lipinski definition) is 3. The summed E-state index contributed by atoms with van der Waals surface area (Å²) in [7, 11) is 0. The molecule has 1 aromatic carbocycles. The molecule has 0 fully saturated rings. The summed E-state index contributed by atoms with van der Waals surface area (Å²) in [5.41, 5.74) is 2.58. The number of fused-ring (bicyclic) bond motifs is 1. The average Bonchev–Trinajstić information content (AvgIpc) is 2.79. The van der Waals surface area contributed by atoms with E-state index in [1.54, 1.807) is 6.20 Å². The van der Waals surface area contributed by atoms with Crippen molar-refractivity contribution in [2.75, 3.05) is 0 Å². The van der Waals surface area contributed by atoms with Gasteiger partial charge in [-0.1, -0.05) is 23.7 Å². The number of oxazole rings is 1. The van der Waals surface area contributed by atoms with Crippen LogP contribution in [0.3, 0.4) is 0 Å². The summed E-state index contributed by atoms with van der Waals surface area (Å²) >= 11 is 5.94. The zero-order valence-electron chi connectivity index (χ0n) is 9.64. The fraction of sp³-hybridized carbons (Fsp3) is 0.143. The fourth-order valence-electron chi connectivity index (χ4n) is 1.86. The number of benzene rings is 1. The Labute approximate surface area is 109 Å². The maximum atomic E-state index is 5.94. The third-order valence-electron chi connectivity index (χ3n) is 2.73. The van der Waals surface area contributed by atoms with E-state index in [4.69, 9.17) is 16.0 Å². The molecule has 2 aromatic heterocycles. The Balaban J connectivity index is 1.76. The first kappa shape index (κ1) is 11.2. The predicted molar refractivity (Wildman–Crippen MR) is 70.7 cm³/mol. The molecule has 3 rings (SSSR count). The highest BCUT2D eigenvalue weighted by Crippen LogP contribution is 2.16. The molecular weight excluding hydrogens is 248 g/mol. The number of pyridine rings is 1. The summed E-state index contributed by atoms with van der Waals surface area (Å²) in [6, 6.07) is 11.5. The monoisotopic (exact) mass is 258 g/mol. The van der Waals surface area contributed by atoms with Gasteiger partial charge in [0.25, 0.3) is 0 Å². The summed E-state index contributed by atoms with van der Waals surface area (Å²) in [5.74, 6) is 0.712. The van der Waals surface area contributed by atoms with E-state index in [1.807, 2.05) is 36.4 Å². The van der Waals surface area contributed by atoms with E-state index in [0.717, 1.165) is 23.4 Å². The maximum absolute atomic E-state index is 5.94. The predicted octanol–water partition coefficient (Wildman–Crippen LogP) is 3.66. The number of aromatic nitrogens is 2. The number of rotatable bonds is 3. The Morgan fingerprint density at radius 3 is 2.89 bits per heavy atom. The number of aryl methyl sites for hydroxylation is 2. The number of halogens is 1. The highest BCUT2D eigenvalue weighted by Gasteiger charge is 2.06. The van der Waals surface area contributed by atoms with Crippen molar-refractivity contribution >= 4 is 22.8 Å². The first-order chi connectivity index (χ1) is 8.81. The zero-order valence-corrected chi connectivity index (χ0v) is 10.4. The van der Waals surface area contributed by atoms with Gasteiger partial charge in [-0.15, -0.1) is 0 Å². The van der Waals surface area contributed by atoms with Gasteiger partial charge in [0.15, 0.2) is 17.1 Å². The zero-order chi connectivity index (χ0) is 12.4. The average molecular weight is 259 g/mol. The minimum Gasteiger partial charge on any atom is -0.439 e. The van der Waals surface area contributed by atoms with E-state index in [9.17, 15) is 0 Å². The highest BCUT2D eigenvalue weighted by atomic mass is 35.5. The van der Waals surface area contributed by atoms with Gasteiger partial charge in [-0.25, -0.2) is 4.98 Å². The molecule has 0 N–H and O–H groups in total. The smallest absolute Gasteiger partial charge is 0.198 e. The van der Waals surface area contributed by atoms with Crippen LogP contribution >= 0.6 is 11.6 Å². The number of hydrogen-bond donors (Lipinski definition) is 0. The van der Waals surface area contributed by atoms with Gasteiger partial charge in [0.05, 0.1) is 0 Å². The lowest BCUT2D eigenvalue weighted by Crippen LogP contribution is -1.91. The van der Waals surface area contributed by atoms with Crippen molar-refractivity contribution in [1.29, 1.82) is 0 Å². The highest BCUT2D eigenvalue weighted by molar-refractivity contribution is 6.30. The van der Waals surface area contributed by atoms with Crippen molar-refractivity contribution in [2.24, 2.45) is 0 Å². The Morgan fingerprint density at radius 1 is 1.11 bits per heavy atom. The van der Waals surface area contributed by atoms with E-state index in [-0.39, 0.29) is 0 Å². The molecule has 0 saturated heterocycles. The molecule has 0 bridgehead atoms. The largest absolute Gasteiger partial charge is 0.439 e. The summed E-state index contributed by atoms with van der Waals surface area (Å²) in [5, 5.41) is 0.756. The van der Waals surface area contributed by atoms with Crippen molar-refractivity contribution in [2.45, 2.75) is 12.8 Å². The lowest BCUT2D eigenvalue weighted by Gasteiger charge is -1.98. The molecule has 0 radical (unpaired) electrons. The second-order valence-corrected chi connectivity index (χ2v) is 4.50. The van der Waals surface area contributed by atoms with Gasteiger partial charge in [0, 0.05) is 17.6 Å². The second kappa shape index (κ2) is 4.78. The van der Waals surface area contributed by atoms with E-state index in [2.05, 4.69) is 9.97 Å². The minimum atomic E-state index is 0.665. The molecule has 0 unspecified atom stereocenters. The van der Waals surface area contributed by atoms with Gasteiger partial charge in [-0.3, -0.25) is 0 Å².